The molecule has 1 saturated carbocycles. The third-order valence-corrected chi connectivity index (χ3v) is 4.81. The van der Waals surface area contributed by atoms with Gasteiger partial charge < -0.3 is 15.1 Å². The first-order chi connectivity index (χ1) is 11.6. The van der Waals surface area contributed by atoms with Crippen LogP contribution in [0.3, 0.4) is 0 Å². The van der Waals surface area contributed by atoms with Crippen molar-refractivity contribution in [2.45, 2.75) is 38.5 Å². The van der Waals surface area contributed by atoms with Gasteiger partial charge in [0.25, 0.3) is 5.91 Å². The average molecular weight is 327 g/mol. The van der Waals surface area contributed by atoms with Crippen molar-refractivity contribution in [3.8, 4) is 5.75 Å². The van der Waals surface area contributed by atoms with E-state index in [1.54, 1.807) is 17.0 Å². The van der Waals surface area contributed by atoms with Gasteiger partial charge in [0.15, 0.2) is 0 Å². The van der Waals surface area contributed by atoms with Crippen LogP contribution in [0.4, 0.5) is 0 Å². The van der Waals surface area contributed by atoms with Crippen LogP contribution in [0.25, 0.3) is 0 Å². The lowest BCUT2D eigenvalue weighted by Gasteiger charge is -2.20. The highest BCUT2D eigenvalue weighted by molar-refractivity contribution is 5.94. The van der Waals surface area contributed by atoms with Crippen LogP contribution >= 0.6 is 0 Å². The molecule has 0 saturated heterocycles. The summed E-state index contributed by atoms with van der Waals surface area (Å²) in [6.07, 6.45) is 2.48. The number of aliphatic hydroxyl groups is 1. The number of aryl methyl sites for hydroxylation is 1. The lowest BCUT2D eigenvalue weighted by molar-refractivity contribution is 0.0745. The largest absolute Gasteiger partial charge is 0.508 e. The van der Waals surface area contributed by atoms with Gasteiger partial charge in [0.05, 0.1) is 17.9 Å². The first kappa shape index (κ1) is 15.2. The van der Waals surface area contributed by atoms with Crippen LogP contribution < -0.4 is 0 Å². The molecule has 6 nitrogen and oxygen atoms in total. The van der Waals surface area contributed by atoms with Crippen molar-refractivity contribution in [2.24, 2.45) is 5.92 Å². The summed E-state index contributed by atoms with van der Waals surface area (Å²) in [7, 11) is 0. The molecule has 1 aliphatic heterocycles. The van der Waals surface area contributed by atoms with Gasteiger partial charge in [-0.1, -0.05) is 0 Å². The van der Waals surface area contributed by atoms with E-state index in [1.807, 2.05) is 10.7 Å². The molecule has 0 spiro atoms. The van der Waals surface area contributed by atoms with Crippen molar-refractivity contribution in [1.82, 2.24) is 14.7 Å². The van der Waals surface area contributed by atoms with E-state index >= 15 is 0 Å². The van der Waals surface area contributed by atoms with Crippen LogP contribution in [0.1, 0.15) is 47.1 Å². The molecule has 1 atom stereocenters. The number of rotatable bonds is 3. The summed E-state index contributed by atoms with van der Waals surface area (Å²) in [6, 6.07) is 8.27. The van der Waals surface area contributed by atoms with Crippen LogP contribution in [-0.2, 0) is 13.1 Å². The standard InChI is InChI=1S/C18H21N3O3/c22-15-6-4-13(5-7-15)18(24)20-8-1-9-21-14(11-20)10-16(19-21)17(23)12-2-3-12/h4-7,10,12,17,22-23H,1-3,8-9,11H2/t17-/m1/s1. The summed E-state index contributed by atoms with van der Waals surface area (Å²) in [6.45, 7) is 1.92. The minimum Gasteiger partial charge on any atom is -0.508 e. The van der Waals surface area contributed by atoms with Gasteiger partial charge in [0, 0.05) is 18.7 Å². The molecule has 2 aliphatic rings. The van der Waals surface area contributed by atoms with Crippen molar-refractivity contribution < 1.29 is 15.0 Å². The number of hydrogen-bond donors (Lipinski definition) is 2. The van der Waals surface area contributed by atoms with E-state index in [1.165, 1.54) is 12.1 Å². The third kappa shape index (κ3) is 2.89. The van der Waals surface area contributed by atoms with E-state index in [0.29, 0.717) is 24.6 Å². The van der Waals surface area contributed by atoms with E-state index in [0.717, 1.165) is 37.2 Å². The molecule has 1 aliphatic carbocycles. The zero-order valence-corrected chi connectivity index (χ0v) is 13.4. The van der Waals surface area contributed by atoms with Gasteiger partial charge in [-0.2, -0.15) is 5.10 Å². The number of carbonyl (C=O) groups is 1. The van der Waals surface area contributed by atoms with Crippen molar-refractivity contribution >= 4 is 5.91 Å². The van der Waals surface area contributed by atoms with E-state index in [-0.39, 0.29) is 11.7 Å². The molecule has 1 aromatic heterocycles. The molecular formula is C18H21N3O3. The quantitative estimate of drug-likeness (QED) is 0.905. The Balaban J connectivity index is 1.54. The number of carbonyl (C=O) groups excluding carboxylic acids is 1. The second-order valence-electron chi connectivity index (χ2n) is 6.69. The smallest absolute Gasteiger partial charge is 0.254 e. The van der Waals surface area contributed by atoms with Crippen LogP contribution in [0.15, 0.2) is 30.3 Å². The first-order valence-electron chi connectivity index (χ1n) is 8.45. The Morgan fingerprint density at radius 3 is 2.67 bits per heavy atom. The number of aliphatic hydroxyl groups excluding tert-OH is 1. The van der Waals surface area contributed by atoms with Crippen molar-refractivity contribution in [2.75, 3.05) is 6.54 Å². The molecule has 126 valence electrons. The van der Waals surface area contributed by atoms with Gasteiger partial charge in [-0.05, 0) is 55.5 Å². The molecule has 2 aromatic rings. The maximum atomic E-state index is 12.7. The topological polar surface area (TPSA) is 78.6 Å². The van der Waals surface area contributed by atoms with Crippen molar-refractivity contribution in [1.29, 1.82) is 0 Å². The minimum absolute atomic E-state index is 0.0473. The van der Waals surface area contributed by atoms with Gasteiger partial charge in [-0.25, -0.2) is 0 Å². The number of phenols is 1. The molecular weight excluding hydrogens is 306 g/mol. The van der Waals surface area contributed by atoms with Crippen LogP contribution in [-0.4, -0.2) is 37.3 Å². The van der Waals surface area contributed by atoms with Gasteiger partial charge in [0.1, 0.15) is 11.9 Å². The number of phenolic OH excluding ortho intramolecular Hbond substituents is 1. The molecule has 4 rings (SSSR count). The monoisotopic (exact) mass is 327 g/mol. The highest BCUT2D eigenvalue weighted by Gasteiger charge is 2.33. The average Bonchev–Trinajstić information content (AvgIpc) is 3.38. The summed E-state index contributed by atoms with van der Waals surface area (Å²) in [4.78, 5) is 14.5. The molecule has 0 radical (unpaired) electrons. The Morgan fingerprint density at radius 2 is 1.96 bits per heavy atom. The Hall–Kier alpha value is -2.34. The summed E-state index contributed by atoms with van der Waals surface area (Å²) in [5.41, 5.74) is 2.26. The Labute approximate surface area is 140 Å². The fourth-order valence-electron chi connectivity index (χ4n) is 3.24. The van der Waals surface area contributed by atoms with Gasteiger partial charge in [-0.3, -0.25) is 9.48 Å². The highest BCUT2D eigenvalue weighted by Crippen LogP contribution is 2.40. The number of hydrogen-bond acceptors (Lipinski definition) is 4. The van der Waals surface area contributed by atoms with E-state index < -0.39 is 6.10 Å². The Morgan fingerprint density at radius 1 is 1.21 bits per heavy atom. The summed E-state index contributed by atoms with van der Waals surface area (Å²) >= 11 is 0. The molecule has 1 amide bonds. The fourth-order valence-corrected chi connectivity index (χ4v) is 3.24. The second kappa shape index (κ2) is 5.94. The third-order valence-electron chi connectivity index (χ3n) is 4.81. The predicted octanol–water partition coefficient (Wildman–Crippen LogP) is 2.08. The molecule has 24 heavy (non-hydrogen) atoms. The SMILES string of the molecule is O=C(c1ccc(O)cc1)N1CCCn2nc([C@H](O)C3CC3)cc2C1. The molecule has 2 N–H and O–H groups in total. The second-order valence-corrected chi connectivity index (χ2v) is 6.69. The highest BCUT2D eigenvalue weighted by atomic mass is 16.3. The van der Waals surface area contributed by atoms with Crippen molar-refractivity contribution in [3.05, 3.63) is 47.3 Å². The Kier molecular flexibility index (Phi) is 3.76. The fraction of sp³-hybridized carbons (Fsp3) is 0.444. The molecule has 1 fully saturated rings. The van der Waals surface area contributed by atoms with Crippen LogP contribution in [0.2, 0.25) is 0 Å². The summed E-state index contributed by atoms with van der Waals surface area (Å²) < 4.78 is 1.92. The first-order valence-corrected chi connectivity index (χ1v) is 8.45. The zero-order chi connectivity index (χ0) is 16.7. The van der Waals surface area contributed by atoms with Crippen LogP contribution in [0.5, 0.6) is 5.75 Å². The number of benzene rings is 1. The normalized spacial score (nSPS) is 18.8. The summed E-state index contributed by atoms with van der Waals surface area (Å²) in [5, 5.41) is 24.2. The van der Waals surface area contributed by atoms with Gasteiger partial charge >= 0.3 is 0 Å². The number of nitrogens with zero attached hydrogens (tertiary/aromatic N) is 3. The number of amides is 1. The summed E-state index contributed by atoms with van der Waals surface area (Å²) in [5.74, 6) is 0.451. The molecule has 6 heteroatoms. The maximum absolute atomic E-state index is 12.7. The van der Waals surface area contributed by atoms with Gasteiger partial charge in [0.2, 0.25) is 0 Å². The van der Waals surface area contributed by atoms with E-state index in [9.17, 15) is 15.0 Å². The minimum atomic E-state index is -0.481. The number of fused-ring (bicyclic) bond motifs is 1. The van der Waals surface area contributed by atoms with Crippen molar-refractivity contribution in [3.63, 3.8) is 0 Å². The lowest BCUT2D eigenvalue weighted by atomic mass is 10.1. The number of aromatic hydroxyl groups is 1. The van der Waals surface area contributed by atoms with E-state index in [2.05, 4.69) is 5.10 Å². The Bertz CT molecular complexity index is 749. The van der Waals surface area contributed by atoms with Crippen LogP contribution in [0, 0.1) is 5.92 Å². The van der Waals surface area contributed by atoms with Gasteiger partial charge in [-0.15, -0.1) is 0 Å². The lowest BCUT2D eigenvalue weighted by Crippen LogP contribution is -2.30. The molecule has 0 unspecified atom stereocenters. The van der Waals surface area contributed by atoms with E-state index in [4.69, 9.17) is 0 Å². The predicted molar refractivity (Wildman–Crippen MR) is 87.4 cm³/mol. The molecule has 2 heterocycles. The number of aromatic nitrogens is 2. The zero-order valence-electron chi connectivity index (χ0n) is 13.4. The maximum Gasteiger partial charge on any atom is 0.254 e. The molecule has 1 aromatic carbocycles. The molecule has 0 bridgehead atoms.